The Balaban J connectivity index is 1.42. The number of nitro groups is 1. The highest BCUT2D eigenvalue weighted by Gasteiger charge is 2.73. The molecule has 37 heavy (non-hydrogen) atoms. The molecule has 1 fully saturated rings. The summed E-state index contributed by atoms with van der Waals surface area (Å²) in [7, 11) is 0. The van der Waals surface area contributed by atoms with E-state index in [1.807, 2.05) is 48.5 Å². The lowest BCUT2D eigenvalue weighted by atomic mass is 9.54. The number of rotatable bonds is 4. The fraction of sp³-hybridized carbons (Fsp3) is 0.222. The molecule has 3 aromatic rings. The van der Waals surface area contributed by atoms with E-state index in [1.165, 1.54) is 31.2 Å². The van der Waals surface area contributed by atoms with Gasteiger partial charge in [-0.1, -0.05) is 54.6 Å². The van der Waals surface area contributed by atoms with E-state index in [4.69, 9.17) is 23.2 Å². The summed E-state index contributed by atoms with van der Waals surface area (Å²) in [6.45, 7) is 1.43. The van der Waals surface area contributed by atoms with Gasteiger partial charge in [-0.05, 0) is 35.2 Å². The van der Waals surface area contributed by atoms with Gasteiger partial charge < -0.3 is 5.32 Å². The van der Waals surface area contributed by atoms with Gasteiger partial charge >= 0.3 is 0 Å². The van der Waals surface area contributed by atoms with Gasteiger partial charge in [0, 0.05) is 17.8 Å². The number of amides is 3. The van der Waals surface area contributed by atoms with Crippen LogP contribution in [-0.4, -0.2) is 33.6 Å². The fourth-order valence-electron chi connectivity index (χ4n) is 6.13. The smallest absolute Gasteiger partial charge is 0.271 e. The van der Waals surface area contributed by atoms with Crippen molar-refractivity contribution in [2.24, 2.45) is 11.8 Å². The number of anilines is 1. The van der Waals surface area contributed by atoms with Crippen LogP contribution in [0.2, 0.25) is 0 Å². The van der Waals surface area contributed by atoms with Crippen LogP contribution in [0.4, 0.5) is 11.4 Å². The maximum atomic E-state index is 13.9. The minimum absolute atomic E-state index is 0.171. The van der Waals surface area contributed by atoms with Crippen LogP contribution in [0.15, 0.2) is 72.8 Å². The van der Waals surface area contributed by atoms with Crippen LogP contribution in [-0.2, 0) is 24.1 Å². The van der Waals surface area contributed by atoms with E-state index in [0.29, 0.717) is 22.3 Å². The first-order valence-corrected chi connectivity index (χ1v) is 12.4. The van der Waals surface area contributed by atoms with Crippen molar-refractivity contribution in [2.75, 3.05) is 5.32 Å². The molecule has 3 amide bonds. The van der Waals surface area contributed by atoms with Crippen LogP contribution in [0.3, 0.4) is 0 Å². The molecule has 0 radical (unpaired) electrons. The summed E-state index contributed by atoms with van der Waals surface area (Å²) in [4.78, 5) is 49.8. The third-order valence-electron chi connectivity index (χ3n) is 7.71. The number of likely N-dealkylation sites (tertiary alicyclic amines) is 1. The van der Waals surface area contributed by atoms with Crippen LogP contribution >= 0.6 is 23.2 Å². The van der Waals surface area contributed by atoms with E-state index >= 15 is 0 Å². The predicted octanol–water partition coefficient (Wildman–Crippen LogP) is 4.52. The lowest BCUT2D eigenvalue weighted by Crippen LogP contribution is -2.57. The molecule has 10 heteroatoms. The number of hydrogen-bond acceptors (Lipinski definition) is 5. The van der Waals surface area contributed by atoms with Gasteiger partial charge in [0.15, 0.2) is 0 Å². The zero-order valence-corrected chi connectivity index (χ0v) is 20.9. The molecule has 4 aliphatic rings. The molecule has 2 bridgehead atoms. The molecule has 0 saturated carbocycles. The molecule has 1 saturated heterocycles. The van der Waals surface area contributed by atoms with E-state index in [1.54, 1.807) is 0 Å². The number of hydrogen-bond donors (Lipinski definition) is 1. The molecule has 0 aromatic heterocycles. The quantitative estimate of drug-likeness (QED) is 0.228. The van der Waals surface area contributed by atoms with Gasteiger partial charge in [0.05, 0.1) is 16.8 Å². The minimum atomic E-state index is -1.34. The first-order chi connectivity index (χ1) is 17.6. The second-order valence-corrected chi connectivity index (χ2v) is 10.7. The molecule has 8 nitrogen and oxygen atoms in total. The van der Waals surface area contributed by atoms with Crippen molar-refractivity contribution in [1.29, 1.82) is 0 Å². The van der Waals surface area contributed by atoms with E-state index in [-0.39, 0.29) is 11.4 Å². The maximum absolute atomic E-state index is 13.9. The van der Waals surface area contributed by atoms with Crippen molar-refractivity contribution in [3.05, 3.63) is 105 Å². The van der Waals surface area contributed by atoms with Gasteiger partial charge in [-0.3, -0.25) is 29.4 Å². The fourth-order valence-corrected chi connectivity index (χ4v) is 7.23. The van der Waals surface area contributed by atoms with E-state index in [2.05, 4.69) is 5.32 Å². The second-order valence-electron chi connectivity index (χ2n) is 9.49. The van der Waals surface area contributed by atoms with Crippen molar-refractivity contribution in [3.63, 3.8) is 0 Å². The van der Waals surface area contributed by atoms with Crippen molar-refractivity contribution in [1.82, 2.24) is 4.90 Å². The summed E-state index contributed by atoms with van der Waals surface area (Å²) in [5.74, 6) is -3.87. The Morgan fingerprint density at radius 2 is 1.35 bits per heavy atom. The van der Waals surface area contributed by atoms with E-state index in [0.717, 1.165) is 4.90 Å². The van der Waals surface area contributed by atoms with Gasteiger partial charge in [-0.25, -0.2) is 0 Å². The van der Waals surface area contributed by atoms with E-state index in [9.17, 15) is 24.5 Å². The SMILES string of the molecule is C[C@H](C(=O)Nc1cccc([N+](=O)[O-])c1)N1C(=O)[C@@H]2[C@H](C1=O)C1(Cl)c3ccccc3C2(Cl)c2ccccc21. The maximum Gasteiger partial charge on any atom is 0.271 e. The molecule has 3 aliphatic carbocycles. The number of nitrogens with one attached hydrogen (secondary N) is 1. The number of nitro benzene ring substituents is 1. The Kier molecular flexibility index (Phi) is 5.03. The number of alkyl halides is 2. The second kappa shape index (κ2) is 7.87. The Morgan fingerprint density at radius 3 is 1.78 bits per heavy atom. The molecule has 3 atom stereocenters. The van der Waals surface area contributed by atoms with Crippen molar-refractivity contribution < 1.29 is 19.3 Å². The third-order valence-corrected chi connectivity index (χ3v) is 9.00. The predicted molar refractivity (Wildman–Crippen MR) is 136 cm³/mol. The number of nitrogens with zero attached hydrogens (tertiary/aromatic N) is 2. The molecule has 7 rings (SSSR count). The average Bonchev–Trinajstić information content (AvgIpc) is 3.17. The Labute approximate surface area is 221 Å². The highest BCUT2D eigenvalue weighted by atomic mass is 35.5. The van der Waals surface area contributed by atoms with Crippen LogP contribution in [0, 0.1) is 22.0 Å². The molecular weight excluding hydrogens is 517 g/mol. The average molecular weight is 536 g/mol. The highest BCUT2D eigenvalue weighted by molar-refractivity contribution is 6.36. The standard InChI is InChI=1S/C27H19Cl2N3O5/c1-14(23(33)30-15-7-6-8-16(13-15)32(36)37)31-24(34)21-22(25(31)35)27(29)18-10-3-2-9-17(18)26(21,28)19-11-4-5-12-20(19)27/h2-14,21-22H,1H3,(H,30,33)/t14-,21-,22+,26?,27?/m1/s1. The summed E-state index contributed by atoms with van der Waals surface area (Å²) in [6.07, 6.45) is 0. The summed E-state index contributed by atoms with van der Waals surface area (Å²) in [5.41, 5.74) is 2.65. The van der Waals surface area contributed by atoms with Gasteiger partial charge in [0.2, 0.25) is 17.7 Å². The Hall–Kier alpha value is -3.75. The topological polar surface area (TPSA) is 110 Å². The summed E-state index contributed by atoms with van der Waals surface area (Å²) >= 11 is 14.8. The summed E-state index contributed by atoms with van der Waals surface area (Å²) in [5, 5.41) is 13.7. The Morgan fingerprint density at radius 1 is 0.892 bits per heavy atom. The van der Waals surface area contributed by atoms with Crippen LogP contribution in [0.5, 0.6) is 0 Å². The number of benzene rings is 3. The normalized spacial score (nSPS) is 27.8. The van der Waals surface area contributed by atoms with Crippen LogP contribution < -0.4 is 5.32 Å². The minimum Gasteiger partial charge on any atom is -0.324 e. The lowest BCUT2D eigenvalue weighted by molar-refractivity contribution is -0.384. The van der Waals surface area contributed by atoms with Crippen molar-refractivity contribution in [3.8, 4) is 0 Å². The van der Waals surface area contributed by atoms with E-state index < -0.39 is 50.3 Å². The van der Waals surface area contributed by atoms with Crippen LogP contribution in [0.1, 0.15) is 29.2 Å². The van der Waals surface area contributed by atoms with Crippen molar-refractivity contribution in [2.45, 2.75) is 22.7 Å². The Bertz CT molecular complexity index is 1420. The molecule has 3 aromatic carbocycles. The first kappa shape index (κ1) is 23.6. The summed E-state index contributed by atoms with van der Waals surface area (Å²) < 4.78 is 0. The summed E-state index contributed by atoms with van der Waals surface area (Å²) in [6, 6.07) is 18.8. The molecule has 0 unspecified atom stereocenters. The molecule has 1 heterocycles. The van der Waals surface area contributed by atoms with Gasteiger partial charge in [-0.2, -0.15) is 0 Å². The zero-order valence-electron chi connectivity index (χ0n) is 19.4. The largest absolute Gasteiger partial charge is 0.324 e. The number of carbonyl (C=O) groups excluding carboxylic acids is 3. The van der Waals surface area contributed by atoms with Crippen LogP contribution in [0.25, 0.3) is 0 Å². The number of imide groups is 1. The van der Waals surface area contributed by atoms with Gasteiger partial charge in [0.1, 0.15) is 15.8 Å². The number of halogens is 2. The molecule has 186 valence electrons. The van der Waals surface area contributed by atoms with Crippen molar-refractivity contribution >= 4 is 52.3 Å². The molecule has 1 N–H and O–H groups in total. The monoisotopic (exact) mass is 535 g/mol. The van der Waals surface area contributed by atoms with Gasteiger partial charge in [-0.15, -0.1) is 23.2 Å². The lowest BCUT2D eigenvalue weighted by Gasteiger charge is -2.54. The van der Waals surface area contributed by atoms with Gasteiger partial charge in [0.25, 0.3) is 5.69 Å². The molecule has 1 aliphatic heterocycles. The highest BCUT2D eigenvalue weighted by Crippen LogP contribution is 2.69. The number of non-ortho nitro benzene ring substituents is 1. The molecule has 0 spiro atoms. The number of carbonyl (C=O) groups is 3. The first-order valence-electron chi connectivity index (χ1n) is 11.6. The third kappa shape index (κ3) is 2.94. The molecular formula is C27H19Cl2N3O5. The zero-order chi connectivity index (χ0) is 26.3.